The van der Waals surface area contributed by atoms with Crippen LogP contribution in [-0.2, 0) is 14.4 Å². The Morgan fingerprint density at radius 1 is 0.816 bits per heavy atom. The molecule has 4 amide bonds. The molecule has 3 aromatic rings. The predicted octanol–water partition coefficient (Wildman–Crippen LogP) is 1.88. The Balaban J connectivity index is 1.70. The van der Waals surface area contributed by atoms with Crippen molar-refractivity contribution in [3.05, 3.63) is 86.5 Å². The summed E-state index contributed by atoms with van der Waals surface area (Å²) in [6.07, 6.45) is 1.84. The van der Waals surface area contributed by atoms with Gasteiger partial charge in [0.05, 0.1) is 4.88 Å². The van der Waals surface area contributed by atoms with E-state index in [1.807, 2.05) is 0 Å². The van der Waals surface area contributed by atoms with Gasteiger partial charge < -0.3 is 43.6 Å². The Labute approximate surface area is 296 Å². The van der Waals surface area contributed by atoms with Gasteiger partial charge >= 0.3 is 0 Å². The number of carbonyl (C=O) groups excluding carboxylic acids is 5. The number of hydrogen-bond acceptors (Lipinski definition) is 9. The number of amides is 4. The number of rotatable bonds is 20. The van der Waals surface area contributed by atoms with Crippen LogP contribution in [0.2, 0.25) is 0 Å². The minimum Gasteiger partial charge on any atom is -0.485 e. The maximum Gasteiger partial charge on any atom is 0.261 e. The van der Waals surface area contributed by atoms with Crippen molar-refractivity contribution >= 4 is 62.6 Å². The smallest absolute Gasteiger partial charge is 0.261 e. The highest BCUT2D eigenvalue weighted by molar-refractivity contribution is 9.10. The zero-order valence-corrected chi connectivity index (χ0v) is 29.1. The van der Waals surface area contributed by atoms with Crippen molar-refractivity contribution in [1.29, 1.82) is 0 Å². The Kier molecular flexibility index (Phi) is 15.7. The number of nitrogens with two attached hydrogens (primary N) is 4. The van der Waals surface area contributed by atoms with E-state index in [4.69, 9.17) is 27.7 Å². The van der Waals surface area contributed by atoms with Crippen LogP contribution < -0.4 is 43.6 Å². The maximum atomic E-state index is 13.6. The number of nitrogens with zero attached hydrogens (tertiary/aromatic N) is 1. The molecule has 11 N–H and O–H groups in total. The molecular weight excluding hydrogens is 716 g/mol. The van der Waals surface area contributed by atoms with Crippen molar-refractivity contribution < 1.29 is 28.7 Å². The molecule has 0 saturated heterocycles. The highest BCUT2D eigenvalue weighted by Gasteiger charge is 2.30. The number of ketones is 1. The van der Waals surface area contributed by atoms with Crippen molar-refractivity contribution in [2.45, 2.75) is 50.2 Å². The number of primary amides is 1. The van der Waals surface area contributed by atoms with Crippen LogP contribution in [0.4, 0.5) is 0 Å². The number of unbranched alkanes of at least 4 members (excludes halogenated alkanes) is 1. The van der Waals surface area contributed by atoms with Gasteiger partial charge in [-0.3, -0.25) is 29.0 Å². The summed E-state index contributed by atoms with van der Waals surface area (Å²) in [5.41, 5.74) is 23.0. The normalized spacial score (nSPS) is 12.5. The monoisotopic (exact) mass is 756 g/mol. The summed E-state index contributed by atoms with van der Waals surface area (Å²) in [5.74, 6) is -2.48. The number of carbonyl (C=O) groups is 5. The largest absolute Gasteiger partial charge is 0.485 e. The molecule has 0 aliphatic heterocycles. The van der Waals surface area contributed by atoms with Gasteiger partial charge in [0, 0.05) is 16.6 Å². The van der Waals surface area contributed by atoms with Crippen molar-refractivity contribution in [2.24, 2.45) is 27.9 Å². The summed E-state index contributed by atoms with van der Waals surface area (Å²) in [5, 5.41) is 9.83. The average Bonchev–Trinajstić information content (AvgIpc) is 3.63. The summed E-state index contributed by atoms with van der Waals surface area (Å²) in [4.78, 5) is 69.2. The zero-order chi connectivity index (χ0) is 35.8. The standard InChI is InChI=1S/C33H41BrN8O6S/c34-22-12-8-20(9-13-22)26(43)19-48-23-14-10-21(11-15-23)28(29(36)44)42-31(46)24(5-1-2-16-35)40-30(45)25(6-3-17-39-33(37)38)41-32(47)27-7-4-18-49-27/h4,7-15,18,24-25,28H,1-3,5-6,16-17,19,35H2,(H2,36,44)(H,40,45)(H,41,47)(H,42,46)(H4,37,38,39)/t24-,25-,28+/m0/s1. The molecule has 0 unspecified atom stereocenters. The van der Waals surface area contributed by atoms with E-state index in [0.29, 0.717) is 47.6 Å². The highest BCUT2D eigenvalue weighted by Crippen LogP contribution is 2.20. The van der Waals surface area contributed by atoms with Gasteiger partial charge in [0.1, 0.15) is 23.9 Å². The van der Waals surface area contributed by atoms with E-state index in [-0.39, 0.29) is 37.7 Å². The molecule has 262 valence electrons. The third-order valence-electron chi connectivity index (χ3n) is 7.21. The number of benzene rings is 2. The van der Waals surface area contributed by atoms with E-state index in [9.17, 15) is 24.0 Å². The summed E-state index contributed by atoms with van der Waals surface area (Å²) in [6, 6.07) is 13.1. The molecule has 1 heterocycles. The molecule has 0 bridgehead atoms. The third kappa shape index (κ3) is 13.0. The summed E-state index contributed by atoms with van der Waals surface area (Å²) in [6.45, 7) is 0.400. The second kappa shape index (κ2) is 19.9. The molecule has 0 saturated carbocycles. The second-order valence-electron chi connectivity index (χ2n) is 10.9. The molecular formula is C33H41BrN8O6S. The number of halogens is 1. The van der Waals surface area contributed by atoms with Crippen LogP contribution in [-0.4, -0.2) is 67.2 Å². The van der Waals surface area contributed by atoms with E-state index in [2.05, 4.69) is 36.9 Å². The lowest BCUT2D eigenvalue weighted by atomic mass is 10.0. The molecule has 3 atom stereocenters. The minimum absolute atomic E-state index is 0.0989. The van der Waals surface area contributed by atoms with E-state index in [0.717, 1.165) is 4.47 Å². The predicted molar refractivity (Wildman–Crippen MR) is 191 cm³/mol. The number of ether oxygens (including phenoxy) is 1. The van der Waals surface area contributed by atoms with Gasteiger partial charge in [-0.2, -0.15) is 0 Å². The first-order valence-electron chi connectivity index (χ1n) is 15.5. The van der Waals surface area contributed by atoms with Crippen LogP contribution in [0.25, 0.3) is 0 Å². The lowest BCUT2D eigenvalue weighted by molar-refractivity contribution is -0.132. The van der Waals surface area contributed by atoms with E-state index >= 15 is 0 Å². The number of nitrogens with one attached hydrogen (secondary N) is 3. The summed E-state index contributed by atoms with van der Waals surface area (Å²) >= 11 is 4.55. The minimum atomic E-state index is -1.24. The van der Waals surface area contributed by atoms with Gasteiger partial charge in [-0.15, -0.1) is 11.3 Å². The number of Topliss-reactive ketones (excluding diaryl/α,β-unsaturated/α-hetero) is 1. The van der Waals surface area contributed by atoms with Crippen molar-refractivity contribution in [3.8, 4) is 5.75 Å². The van der Waals surface area contributed by atoms with E-state index in [1.165, 1.54) is 11.3 Å². The lowest BCUT2D eigenvalue weighted by Gasteiger charge is -2.25. The van der Waals surface area contributed by atoms with E-state index < -0.39 is 41.8 Å². The molecule has 3 rings (SSSR count). The van der Waals surface area contributed by atoms with Crippen LogP contribution in [0.3, 0.4) is 0 Å². The van der Waals surface area contributed by atoms with Crippen LogP contribution in [0, 0.1) is 0 Å². The number of guanidine groups is 1. The molecule has 1 aromatic heterocycles. The fraction of sp³-hybridized carbons (Fsp3) is 0.333. The SMILES string of the molecule is NCCCC[C@H](NC(=O)[C@H](CCCN=C(N)N)NC(=O)c1cccs1)C(=O)N[C@@H](C(N)=O)c1ccc(OCC(=O)c2ccc(Br)cc2)cc1. The molecule has 0 radical (unpaired) electrons. The van der Waals surface area contributed by atoms with Gasteiger partial charge in [-0.05, 0) is 79.9 Å². The third-order valence-corrected chi connectivity index (χ3v) is 8.61. The zero-order valence-electron chi connectivity index (χ0n) is 26.7. The first kappa shape index (κ1) is 38.6. The number of aliphatic imine (C=N–C) groups is 1. The molecule has 16 heteroatoms. The Morgan fingerprint density at radius 3 is 2.08 bits per heavy atom. The summed E-state index contributed by atoms with van der Waals surface area (Å²) in [7, 11) is 0. The van der Waals surface area contributed by atoms with E-state index in [1.54, 1.807) is 66.0 Å². The van der Waals surface area contributed by atoms with Crippen LogP contribution in [0.5, 0.6) is 5.75 Å². The fourth-order valence-corrected chi connectivity index (χ4v) is 5.52. The van der Waals surface area contributed by atoms with Crippen LogP contribution >= 0.6 is 27.3 Å². The highest BCUT2D eigenvalue weighted by atomic mass is 79.9. The molecule has 14 nitrogen and oxygen atoms in total. The first-order valence-corrected chi connectivity index (χ1v) is 17.2. The Morgan fingerprint density at radius 2 is 1.47 bits per heavy atom. The fourth-order valence-electron chi connectivity index (χ4n) is 4.63. The quantitative estimate of drug-likeness (QED) is 0.0384. The maximum absolute atomic E-state index is 13.6. The van der Waals surface area contributed by atoms with Gasteiger partial charge in [-0.25, -0.2) is 0 Å². The van der Waals surface area contributed by atoms with Gasteiger partial charge in [0.15, 0.2) is 18.3 Å². The molecule has 0 aliphatic carbocycles. The molecule has 0 spiro atoms. The average molecular weight is 758 g/mol. The molecule has 0 aliphatic rings. The van der Waals surface area contributed by atoms with Crippen molar-refractivity contribution in [1.82, 2.24) is 16.0 Å². The Hall–Kier alpha value is -4.80. The van der Waals surface area contributed by atoms with Gasteiger partial charge in [0.25, 0.3) is 5.91 Å². The van der Waals surface area contributed by atoms with Gasteiger partial charge in [0.2, 0.25) is 17.7 Å². The molecule has 0 fully saturated rings. The van der Waals surface area contributed by atoms with Crippen LogP contribution in [0.1, 0.15) is 63.7 Å². The molecule has 2 aromatic carbocycles. The number of thiophene rings is 1. The van der Waals surface area contributed by atoms with Crippen molar-refractivity contribution in [3.63, 3.8) is 0 Å². The number of hydrogen-bond donors (Lipinski definition) is 7. The topological polar surface area (TPSA) is 247 Å². The van der Waals surface area contributed by atoms with Gasteiger partial charge in [-0.1, -0.05) is 46.3 Å². The van der Waals surface area contributed by atoms with Crippen molar-refractivity contribution in [2.75, 3.05) is 19.7 Å². The van der Waals surface area contributed by atoms with Crippen LogP contribution in [0.15, 0.2) is 75.5 Å². The Bertz CT molecular complexity index is 1580. The molecule has 49 heavy (non-hydrogen) atoms. The second-order valence-corrected chi connectivity index (χ2v) is 12.8. The summed E-state index contributed by atoms with van der Waals surface area (Å²) < 4.78 is 6.46. The lowest BCUT2D eigenvalue weighted by Crippen LogP contribution is -2.54. The first-order chi connectivity index (χ1) is 23.5.